The Kier molecular flexibility index (Phi) is 3.35. The SMILES string of the molecule is NNc1ccc(S(=O)(=O)Nc2cccnn2)cn1. The number of hydrogen-bond acceptors (Lipinski definition) is 7. The minimum absolute atomic E-state index is 0.00662. The topological polar surface area (TPSA) is 123 Å². The van der Waals surface area contributed by atoms with E-state index in [0.29, 0.717) is 5.82 Å². The van der Waals surface area contributed by atoms with Crippen LogP contribution in [0.15, 0.2) is 41.6 Å². The van der Waals surface area contributed by atoms with Crippen LogP contribution in [0.3, 0.4) is 0 Å². The van der Waals surface area contributed by atoms with Gasteiger partial charge in [-0.1, -0.05) is 0 Å². The summed E-state index contributed by atoms with van der Waals surface area (Å²) >= 11 is 0. The summed E-state index contributed by atoms with van der Waals surface area (Å²) in [4.78, 5) is 3.82. The lowest BCUT2D eigenvalue weighted by Crippen LogP contribution is -2.15. The van der Waals surface area contributed by atoms with Gasteiger partial charge in [-0.2, -0.15) is 5.10 Å². The quantitative estimate of drug-likeness (QED) is 0.524. The molecule has 0 unspecified atom stereocenters. The van der Waals surface area contributed by atoms with Crippen molar-refractivity contribution in [3.05, 3.63) is 36.7 Å². The third kappa shape index (κ3) is 2.70. The average Bonchev–Trinajstić information content (AvgIpc) is 2.39. The fourth-order valence-corrected chi connectivity index (χ4v) is 2.12. The van der Waals surface area contributed by atoms with Gasteiger partial charge in [0.2, 0.25) is 0 Å². The molecule has 9 heteroatoms. The molecule has 0 spiro atoms. The molecule has 0 fully saturated rings. The highest BCUT2D eigenvalue weighted by molar-refractivity contribution is 7.92. The van der Waals surface area contributed by atoms with Gasteiger partial charge in [-0.3, -0.25) is 4.72 Å². The van der Waals surface area contributed by atoms with Crippen molar-refractivity contribution in [2.45, 2.75) is 4.90 Å². The summed E-state index contributed by atoms with van der Waals surface area (Å²) in [5.41, 5.74) is 2.31. The molecule has 2 rings (SSSR count). The third-order valence-corrected chi connectivity index (χ3v) is 3.35. The summed E-state index contributed by atoms with van der Waals surface area (Å²) in [7, 11) is -3.72. The summed E-state index contributed by atoms with van der Waals surface area (Å²) in [5, 5.41) is 7.20. The molecule has 0 atom stereocenters. The summed E-state index contributed by atoms with van der Waals surface area (Å²) < 4.78 is 26.1. The number of rotatable bonds is 4. The highest BCUT2D eigenvalue weighted by Crippen LogP contribution is 2.13. The molecule has 0 saturated heterocycles. The van der Waals surface area contributed by atoms with E-state index in [2.05, 4.69) is 25.3 Å². The van der Waals surface area contributed by atoms with Crippen molar-refractivity contribution < 1.29 is 8.42 Å². The van der Waals surface area contributed by atoms with Gasteiger partial charge in [-0.25, -0.2) is 19.2 Å². The van der Waals surface area contributed by atoms with Gasteiger partial charge in [0.1, 0.15) is 10.7 Å². The predicted molar refractivity (Wildman–Crippen MR) is 64.9 cm³/mol. The molecule has 8 nitrogen and oxygen atoms in total. The van der Waals surface area contributed by atoms with Crippen LogP contribution in [0.5, 0.6) is 0 Å². The van der Waals surface area contributed by atoms with E-state index >= 15 is 0 Å². The van der Waals surface area contributed by atoms with Gasteiger partial charge in [0.25, 0.3) is 10.0 Å². The molecule has 0 aromatic carbocycles. The number of aromatic nitrogens is 3. The highest BCUT2D eigenvalue weighted by Gasteiger charge is 2.15. The Balaban J connectivity index is 2.25. The van der Waals surface area contributed by atoms with Crippen LogP contribution in [-0.2, 0) is 10.0 Å². The van der Waals surface area contributed by atoms with E-state index in [1.807, 2.05) is 0 Å². The van der Waals surface area contributed by atoms with Gasteiger partial charge in [0, 0.05) is 12.4 Å². The number of hydrogen-bond donors (Lipinski definition) is 3. The fraction of sp³-hybridized carbons (Fsp3) is 0. The first-order chi connectivity index (χ1) is 8.62. The van der Waals surface area contributed by atoms with Crippen molar-refractivity contribution in [2.75, 3.05) is 10.1 Å². The molecule has 94 valence electrons. The fourth-order valence-electron chi connectivity index (χ4n) is 1.18. The highest BCUT2D eigenvalue weighted by atomic mass is 32.2. The normalized spacial score (nSPS) is 10.9. The molecular formula is C9H10N6O2S. The minimum Gasteiger partial charge on any atom is -0.308 e. The van der Waals surface area contributed by atoms with Gasteiger partial charge in [-0.15, -0.1) is 5.10 Å². The van der Waals surface area contributed by atoms with Crippen molar-refractivity contribution in [2.24, 2.45) is 5.84 Å². The van der Waals surface area contributed by atoms with E-state index < -0.39 is 10.0 Å². The molecule has 4 N–H and O–H groups in total. The Labute approximate surface area is 103 Å². The third-order valence-electron chi connectivity index (χ3n) is 2.01. The second kappa shape index (κ2) is 4.94. The van der Waals surface area contributed by atoms with E-state index in [1.54, 1.807) is 6.07 Å². The van der Waals surface area contributed by atoms with E-state index in [-0.39, 0.29) is 10.7 Å². The molecule has 0 aliphatic carbocycles. The van der Waals surface area contributed by atoms with E-state index in [1.165, 1.54) is 30.6 Å². The first kappa shape index (κ1) is 12.2. The Morgan fingerprint density at radius 2 is 2.00 bits per heavy atom. The molecule has 2 heterocycles. The Morgan fingerprint density at radius 1 is 1.17 bits per heavy atom. The monoisotopic (exact) mass is 266 g/mol. The standard InChI is InChI=1S/C9H10N6O2S/c10-13-8-4-3-7(6-11-8)18(16,17)15-9-2-1-5-12-14-9/h1-6H,10H2,(H,11,13)(H,14,15). The molecular weight excluding hydrogens is 256 g/mol. The molecule has 2 aromatic heterocycles. The van der Waals surface area contributed by atoms with Crippen molar-refractivity contribution in [3.63, 3.8) is 0 Å². The summed E-state index contributed by atoms with van der Waals surface area (Å²) in [6.07, 6.45) is 2.63. The van der Waals surface area contributed by atoms with E-state index in [9.17, 15) is 8.42 Å². The number of nitrogens with zero attached hydrogens (tertiary/aromatic N) is 3. The Morgan fingerprint density at radius 3 is 2.56 bits per heavy atom. The average molecular weight is 266 g/mol. The Hall–Kier alpha value is -2.26. The van der Waals surface area contributed by atoms with Crippen LogP contribution in [0.1, 0.15) is 0 Å². The number of nitrogens with two attached hydrogens (primary N) is 1. The summed E-state index contributed by atoms with van der Waals surface area (Å²) in [6, 6.07) is 5.89. The lowest BCUT2D eigenvalue weighted by molar-refractivity contribution is 0.600. The zero-order chi connectivity index (χ0) is 13.0. The van der Waals surface area contributed by atoms with Crippen LogP contribution in [0.4, 0.5) is 11.6 Å². The van der Waals surface area contributed by atoms with Crippen molar-refractivity contribution >= 4 is 21.7 Å². The molecule has 0 saturated carbocycles. The van der Waals surface area contributed by atoms with Crippen LogP contribution < -0.4 is 16.0 Å². The van der Waals surface area contributed by atoms with E-state index in [0.717, 1.165) is 0 Å². The van der Waals surface area contributed by atoms with Crippen LogP contribution in [0.2, 0.25) is 0 Å². The Bertz CT molecular complexity index is 613. The summed E-state index contributed by atoms with van der Waals surface area (Å²) in [6.45, 7) is 0. The van der Waals surface area contributed by atoms with Crippen LogP contribution in [0.25, 0.3) is 0 Å². The first-order valence-electron chi connectivity index (χ1n) is 4.85. The minimum atomic E-state index is -3.72. The van der Waals surface area contributed by atoms with E-state index in [4.69, 9.17) is 5.84 Å². The van der Waals surface area contributed by atoms with Crippen molar-refractivity contribution in [3.8, 4) is 0 Å². The van der Waals surface area contributed by atoms with Crippen LogP contribution in [-0.4, -0.2) is 23.6 Å². The maximum Gasteiger partial charge on any atom is 0.264 e. The molecule has 18 heavy (non-hydrogen) atoms. The number of nitrogen functional groups attached to an aromatic ring is 1. The number of hydrazine groups is 1. The van der Waals surface area contributed by atoms with Gasteiger partial charge in [0.15, 0.2) is 5.82 Å². The van der Waals surface area contributed by atoms with Gasteiger partial charge >= 0.3 is 0 Å². The number of sulfonamides is 1. The smallest absolute Gasteiger partial charge is 0.264 e. The molecule has 2 aromatic rings. The predicted octanol–water partition coefficient (Wildman–Crippen LogP) is -0.0420. The largest absolute Gasteiger partial charge is 0.308 e. The van der Waals surface area contributed by atoms with Gasteiger partial charge in [0.05, 0.1) is 0 Å². The lowest BCUT2D eigenvalue weighted by Gasteiger charge is -2.06. The molecule has 0 bridgehead atoms. The lowest BCUT2D eigenvalue weighted by atomic mass is 10.5. The summed E-state index contributed by atoms with van der Waals surface area (Å²) in [5.74, 6) is 5.64. The second-order valence-corrected chi connectivity index (χ2v) is 4.92. The van der Waals surface area contributed by atoms with Gasteiger partial charge < -0.3 is 5.43 Å². The van der Waals surface area contributed by atoms with Crippen LogP contribution >= 0.6 is 0 Å². The molecule has 0 aliphatic heterocycles. The van der Waals surface area contributed by atoms with Crippen LogP contribution in [0, 0.1) is 0 Å². The zero-order valence-electron chi connectivity index (χ0n) is 9.11. The van der Waals surface area contributed by atoms with Crippen molar-refractivity contribution in [1.29, 1.82) is 0 Å². The number of pyridine rings is 1. The maximum absolute atomic E-state index is 11.9. The second-order valence-electron chi connectivity index (χ2n) is 3.24. The van der Waals surface area contributed by atoms with Gasteiger partial charge in [-0.05, 0) is 24.3 Å². The molecule has 0 aliphatic rings. The molecule has 0 amide bonds. The maximum atomic E-state index is 11.9. The molecule has 0 radical (unpaired) electrons. The first-order valence-corrected chi connectivity index (χ1v) is 6.33. The van der Waals surface area contributed by atoms with Crippen molar-refractivity contribution in [1.82, 2.24) is 15.2 Å². The number of nitrogens with one attached hydrogen (secondary N) is 2. The number of anilines is 2. The zero-order valence-corrected chi connectivity index (χ0v) is 9.92.